The maximum Gasteiger partial charge on any atom is 0.188 e. The molecule has 4 heteroatoms. The predicted molar refractivity (Wildman–Crippen MR) is 80.0 cm³/mol. The smallest absolute Gasteiger partial charge is 0.188 e. The molecule has 2 rings (SSSR count). The predicted octanol–water partition coefficient (Wildman–Crippen LogP) is 4.59. The van der Waals surface area contributed by atoms with Crippen LogP contribution in [0.25, 0.3) is 0 Å². The molecule has 1 atom stereocenters. The fraction of sp³-hybridized carbons (Fsp3) is 0.176. The van der Waals surface area contributed by atoms with Crippen molar-refractivity contribution in [1.82, 2.24) is 0 Å². The maximum atomic E-state index is 13.8. The highest BCUT2D eigenvalue weighted by atomic mass is 35.5. The van der Waals surface area contributed by atoms with Gasteiger partial charge in [-0.05, 0) is 42.7 Å². The number of Topliss-reactive ketones (excluding diaryl/α,β-unsaturated/α-hetero) is 1. The molecular formula is C17H13ClFNO. The molecule has 0 heterocycles. The van der Waals surface area contributed by atoms with Crippen LogP contribution in [0.5, 0.6) is 0 Å². The molecule has 21 heavy (non-hydrogen) atoms. The SMILES string of the molecule is Cc1ccc(C(C#N)C(=O)c2c(F)cccc2Cl)cc1C. The Bertz CT molecular complexity index is 729. The lowest BCUT2D eigenvalue weighted by molar-refractivity contribution is 0.0975. The maximum absolute atomic E-state index is 13.8. The van der Waals surface area contributed by atoms with Gasteiger partial charge < -0.3 is 0 Å². The third-order valence-electron chi connectivity index (χ3n) is 3.46. The number of halogens is 2. The first-order chi connectivity index (χ1) is 9.95. The van der Waals surface area contributed by atoms with E-state index in [0.717, 1.165) is 17.2 Å². The molecule has 0 N–H and O–H groups in total. The molecule has 0 amide bonds. The highest BCUT2D eigenvalue weighted by Crippen LogP contribution is 2.28. The van der Waals surface area contributed by atoms with Gasteiger partial charge >= 0.3 is 0 Å². The molecule has 0 aliphatic carbocycles. The van der Waals surface area contributed by atoms with E-state index in [-0.39, 0.29) is 10.6 Å². The average Bonchev–Trinajstić information content (AvgIpc) is 2.43. The first-order valence-corrected chi connectivity index (χ1v) is 6.78. The van der Waals surface area contributed by atoms with E-state index in [1.54, 1.807) is 12.1 Å². The lowest BCUT2D eigenvalue weighted by Crippen LogP contribution is -2.14. The number of benzene rings is 2. The number of hydrogen-bond donors (Lipinski definition) is 0. The molecule has 1 unspecified atom stereocenters. The monoisotopic (exact) mass is 301 g/mol. The standard InChI is InChI=1S/C17H13ClFNO/c1-10-6-7-12(8-11(10)2)13(9-20)17(21)16-14(18)4-3-5-15(16)19/h3-8,13H,1-2H3. The lowest BCUT2D eigenvalue weighted by atomic mass is 9.90. The Hall–Kier alpha value is -2.18. The Balaban J connectivity index is 2.49. The zero-order valence-corrected chi connectivity index (χ0v) is 12.4. The fourth-order valence-corrected chi connectivity index (χ4v) is 2.36. The molecule has 2 aromatic rings. The van der Waals surface area contributed by atoms with Crippen LogP contribution in [0.2, 0.25) is 5.02 Å². The van der Waals surface area contributed by atoms with Gasteiger partial charge in [-0.15, -0.1) is 0 Å². The quantitative estimate of drug-likeness (QED) is 0.778. The number of carbonyl (C=O) groups is 1. The Morgan fingerprint density at radius 3 is 2.52 bits per heavy atom. The summed E-state index contributed by atoms with van der Waals surface area (Å²) in [5.41, 5.74) is 2.35. The van der Waals surface area contributed by atoms with Crippen molar-refractivity contribution in [2.75, 3.05) is 0 Å². The van der Waals surface area contributed by atoms with Crippen LogP contribution in [0.4, 0.5) is 4.39 Å². The van der Waals surface area contributed by atoms with Gasteiger partial charge in [0.2, 0.25) is 0 Å². The molecule has 2 nitrogen and oxygen atoms in total. The first-order valence-electron chi connectivity index (χ1n) is 6.40. The zero-order valence-electron chi connectivity index (χ0n) is 11.7. The number of ketones is 1. The van der Waals surface area contributed by atoms with Gasteiger partial charge in [0.25, 0.3) is 0 Å². The van der Waals surface area contributed by atoms with Gasteiger partial charge in [0, 0.05) is 0 Å². The van der Waals surface area contributed by atoms with E-state index in [2.05, 4.69) is 0 Å². The van der Waals surface area contributed by atoms with Crippen LogP contribution in [0.1, 0.15) is 33.0 Å². The van der Waals surface area contributed by atoms with Crippen molar-refractivity contribution in [3.8, 4) is 6.07 Å². The van der Waals surface area contributed by atoms with E-state index >= 15 is 0 Å². The minimum absolute atomic E-state index is 0.0177. The Morgan fingerprint density at radius 2 is 1.95 bits per heavy atom. The largest absolute Gasteiger partial charge is 0.292 e. The lowest BCUT2D eigenvalue weighted by Gasteiger charge is -2.12. The number of nitriles is 1. The number of hydrogen-bond acceptors (Lipinski definition) is 2. The van der Waals surface area contributed by atoms with Crippen LogP contribution in [0.15, 0.2) is 36.4 Å². The minimum Gasteiger partial charge on any atom is -0.292 e. The zero-order chi connectivity index (χ0) is 15.6. The van der Waals surface area contributed by atoms with Gasteiger partial charge in [-0.3, -0.25) is 4.79 Å². The topological polar surface area (TPSA) is 40.9 Å². The van der Waals surface area contributed by atoms with Crippen LogP contribution >= 0.6 is 11.6 Å². The van der Waals surface area contributed by atoms with E-state index in [9.17, 15) is 14.4 Å². The number of carbonyl (C=O) groups excluding carboxylic acids is 1. The van der Waals surface area contributed by atoms with Crippen LogP contribution < -0.4 is 0 Å². The second-order valence-electron chi connectivity index (χ2n) is 4.87. The molecule has 0 saturated carbocycles. The van der Waals surface area contributed by atoms with E-state index in [4.69, 9.17) is 11.6 Å². The molecule has 0 aliphatic rings. The molecule has 0 fully saturated rings. The van der Waals surface area contributed by atoms with E-state index in [0.29, 0.717) is 5.56 Å². The molecule has 0 aromatic heterocycles. The number of nitrogens with zero attached hydrogens (tertiary/aromatic N) is 1. The summed E-state index contributed by atoms with van der Waals surface area (Å²) in [7, 11) is 0. The molecule has 0 aliphatic heterocycles. The van der Waals surface area contributed by atoms with Gasteiger partial charge in [-0.2, -0.15) is 5.26 Å². The molecule has 0 bridgehead atoms. The van der Waals surface area contributed by atoms with Gasteiger partial charge in [0.05, 0.1) is 16.7 Å². The number of aryl methyl sites for hydroxylation is 2. The third kappa shape index (κ3) is 2.96. The highest BCUT2D eigenvalue weighted by molar-refractivity contribution is 6.34. The van der Waals surface area contributed by atoms with Crippen molar-refractivity contribution in [2.24, 2.45) is 0 Å². The van der Waals surface area contributed by atoms with Crippen LogP contribution in [-0.2, 0) is 0 Å². The van der Waals surface area contributed by atoms with E-state index < -0.39 is 17.5 Å². The van der Waals surface area contributed by atoms with Crippen molar-refractivity contribution >= 4 is 17.4 Å². The van der Waals surface area contributed by atoms with Crippen LogP contribution in [0.3, 0.4) is 0 Å². The third-order valence-corrected chi connectivity index (χ3v) is 3.78. The summed E-state index contributed by atoms with van der Waals surface area (Å²) in [6, 6.07) is 11.3. The molecule has 2 aromatic carbocycles. The molecular weight excluding hydrogens is 289 g/mol. The van der Waals surface area contributed by atoms with E-state index in [1.165, 1.54) is 12.1 Å². The Morgan fingerprint density at radius 1 is 1.24 bits per heavy atom. The summed E-state index contributed by atoms with van der Waals surface area (Å²) >= 11 is 5.90. The Labute approximate surface area is 127 Å². The minimum atomic E-state index is -1.07. The van der Waals surface area contributed by atoms with Crippen LogP contribution in [0, 0.1) is 31.0 Å². The normalized spacial score (nSPS) is 11.8. The van der Waals surface area contributed by atoms with Gasteiger partial charge in [-0.25, -0.2) is 4.39 Å². The van der Waals surface area contributed by atoms with Gasteiger partial charge in [-0.1, -0.05) is 35.9 Å². The summed E-state index contributed by atoms with van der Waals surface area (Å²) in [6.07, 6.45) is 0. The van der Waals surface area contributed by atoms with Gasteiger partial charge in [0.1, 0.15) is 11.7 Å². The van der Waals surface area contributed by atoms with Crippen molar-refractivity contribution < 1.29 is 9.18 Å². The van der Waals surface area contributed by atoms with Crippen molar-refractivity contribution in [2.45, 2.75) is 19.8 Å². The summed E-state index contributed by atoms with van der Waals surface area (Å²) in [5, 5.41) is 9.33. The Kier molecular flexibility index (Phi) is 4.40. The second kappa shape index (κ2) is 6.07. The summed E-state index contributed by atoms with van der Waals surface area (Å²) < 4.78 is 13.8. The summed E-state index contributed by atoms with van der Waals surface area (Å²) in [4.78, 5) is 12.5. The van der Waals surface area contributed by atoms with Crippen molar-refractivity contribution in [3.63, 3.8) is 0 Å². The van der Waals surface area contributed by atoms with Crippen molar-refractivity contribution in [3.05, 3.63) is 69.5 Å². The molecule has 106 valence electrons. The number of rotatable bonds is 3. The van der Waals surface area contributed by atoms with E-state index in [1.807, 2.05) is 26.0 Å². The summed E-state index contributed by atoms with van der Waals surface area (Å²) in [6.45, 7) is 3.84. The van der Waals surface area contributed by atoms with Gasteiger partial charge in [0.15, 0.2) is 5.78 Å². The second-order valence-corrected chi connectivity index (χ2v) is 5.27. The summed E-state index contributed by atoms with van der Waals surface area (Å²) in [5.74, 6) is -2.40. The molecule has 0 spiro atoms. The van der Waals surface area contributed by atoms with Crippen LogP contribution in [-0.4, -0.2) is 5.78 Å². The fourth-order valence-electron chi connectivity index (χ4n) is 2.11. The average molecular weight is 302 g/mol. The first kappa shape index (κ1) is 15.2. The van der Waals surface area contributed by atoms with Crippen molar-refractivity contribution in [1.29, 1.82) is 5.26 Å². The molecule has 0 saturated heterocycles. The highest BCUT2D eigenvalue weighted by Gasteiger charge is 2.26. The molecule has 0 radical (unpaired) electrons.